The molecule has 0 unspecified atom stereocenters. The van der Waals surface area contributed by atoms with E-state index in [-0.39, 0.29) is 18.0 Å². The van der Waals surface area contributed by atoms with Crippen molar-refractivity contribution in [3.63, 3.8) is 0 Å². The molecule has 1 N–H and O–H groups in total. The maximum absolute atomic E-state index is 13.2. The lowest BCUT2D eigenvalue weighted by molar-refractivity contribution is -0.0444. The first-order chi connectivity index (χ1) is 11.8. The number of morpholine rings is 1. The molecule has 2 aromatic rings. The monoisotopic (exact) mass is 384 g/mol. The Morgan fingerprint density at radius 1 is 1.20 bits per heavy atom. The predicted molar refractivity (Wildman–Crippen MR) is 96.2 cm³/mol. The van der Waals surface area contributed by atoms with Gasteiger partial charge >= 0.3 is 0 Å². The van der Waals surface area contributed by atoms with Crippen LogP contribution >= 0.6 is 11.3 Å². The first kappa shape index (κ1) is 18.5. The summed E-state index contributed by atoms with van der Waals surface area (Å²) in [6.45, 7) is 4.32. The van der Waals surface area contributed by atoms with Gasteiger partial charge in [0, 0.05) is 18.0 Å². The average molecular weight is 384 g/mol. The summed E-state index contributed by atoms with van der Waals surface area (Å²) in [5.41, 5.74) is 0.696. The van der Waals surface area contributed by atoms with Gasteiger partial charge < -0.3 is 4.74 Å². The highest BCUT2D eigenvalue weighted by Crippen LogP contribution is 2.28. The maximum atomic E-state index is 13.2. The van der Waals surface area contributed by atoms with Gasteiger partial charge in [-0.3, -0.25) is 0 Å². The molecule has 0 aliphatic carbocycles. The maximum Gasteiger partial charge on any atom is 0.280 e. The van der Waals surface area contributed by atoms with Crippen molar-refractivity contribution in [1.82, 2.24) is 9.03 Å². The molecule has 8 heteroatoms. The van der Waals surface area contributed by atoms with Crippen LogP contribution in [0.25, 0.3) is 0 Å². The van der Waals surface area contributed by atoms with Crippen LogP contribution in [0.1, 0.15) is 30.3 Å². The zero-order valence-electron chi connectivity index (χ0n) is 14.1. The van der Waals surface area contributed by atoms with Gasteiger partial charge in [-0.2, -0.15) is 17.4 Å². The number of thiophene rings is 1. The van der Waals surface area contributed by atoms with Crippen molar-refractivity contribution in [2.45, 2.75) is 32.1 Å². The van der Waals surface area contributed by atoms with Crippen LogP contribution in [0.15, 0.2) is 41.8 Å². The molecule has 1 aliphatic rings. The molecule has 25 heavy (non-hydrogen) atoms. The van der Waals surface area contributed by atoms with E-state index >= 15 is 0 Å². The normalized spacial score (nSPS) is 23.5. The lowest BCUT2D eigenvalue weighted by Crippen LogP contribution is -2.52. The topological polar surface area (TPSA) is 58.6 Å². The van der Waals surface area contributed by atoms with Crippen LogP contribution in [-0.2, 0) is 14.9 Å². The fraction of sp³-hybridized carbons (Fsp3) is 0.412. The highest BCUT2D eigenvalue weighted by atomic mass is 32.2. The van der Waals surface area contributed by atoms with Crippen molar-refractivity contribution >= 4 is 21.5 Å². The van der Waals surface area contributed by atoms with Crippen LogP contribution in [0, 0.1) is 5.82 Å². The zero-order chi connectivity index (χ0) is 18.0. The molecule has 1 aromatic heterocycles. The molecule has 0 bridgehead atoms. The molecule has 5 nitrogen and oxygen atoms in total. The van der Waals surface area contributed by atoms with Gasteiger partial charge in [0.05, 0.1) is 18.2 Å². The Hall–Kier alpha value is -1.32. The Bertz CT molecular complexity index is 784. The van der Waals surface area contributed by atoms with Gasteiger partial charge in [-0.05, 0) is 43.0 Å². The minimum atomic E-state index is -3.72. The van der Waals surface area contributed by atoms with E-state index in [1.807, 2.05) is 31.4 Å². The third kappa shape index (κ3) is 4.45. The summed E-state index contributed by atoms with van der Waals surface area (Å²) in [6, 6.07) is 9.06. The van der Waals surface area contributed by atoms with Crippen molar-refractivity contribution in [3.8, 4) is 0 Å². The van der Waals surface area contributed by atoms with E-state index in [0.29, 0.717) is 18.7 Å². The number of hydrogen-bond donors (Lipinski definition) is 1. The third-order valence-corrected chi connectivity index (χ3v) is 6.47. The summed E-state index contributed by atoms with van der Waals surface area (Å²) in [7, 11) is -3.72. The smallest absolute Gasteiger partial charge is 0.280 e. The van der Waals surface area contributed by atoms with Crippen LogP contribution in [0.2, 0.25) is 0 Å². The van der Waals surface area contributed by atoms with Crippen molar-refractivity contribution in [2.75, 3.05) is 13.1 Å². The molecule has 0 saturated carbocycles. The van der Waals surface area contributed by atoms with Crippen molar-refractivity contribution in [2.24, 2.45) is 0 Å². The number of nitrogens with one attached hydrogen (secondary N) is 1. The van der Waals surface area contributed by atoms with Crippen LogP contribution in [-0.4, -0.2) is 38.0 Å². The van der Waals surface area contributed by atoms with Gasteiger partial charge in [0.25, 0.3) is 10.2 Å². The standard InChI is InChI=1S/C17H21FN2O3S2/c1-12-10-20(11-13(2)23-12)25(21,22)19-17(16-4-3-9-24-16)14-5-7-15(18)8-6-14/h3-9,12-13,17,19H,10-11H2,1-2H3/t12-,13-,17-/m1/s1. The van der Waals surface area contributed by atoms with E-state index in [9.17, 15) is 12.8 Å². The number of ether oxygens (including phenoxy) is 1. The molecule has 2 heterocycles. The van der Waals surface area contributed by atoms with Crippen molar-refractivity contribution in [1.29, 1.82) is 0 Å². The van der Waals surface area contributed by atoms with Crippen LogP contribution in [0.5, 0.6) is 0 Å². The highest BCUT2D eigenvalue weighted by molar-refractivity contribution is 7.87. The molecular weight excluding hydrogens is 363 g/mol. The van der Waals surface area contributed by atoms with E-state index in [1.54, 1.807) is 12.1 Å². The second-order valence-electron chi connectivity index (χ2n) is 6.20. The fourth-order valence-electron chi connectivity index (χ4n) is 2.95. The zero-order valence-corrected chi connectivity index (χ0v) is 15.7. The number of rotatable bonds is 5. The summed E-state index contributed by atoms with van der Waals surface area (Å²) in [6.07, 6.45) is -0.322. The van der Waals surface area contributed by atoms with E-state index in [2.05, 4.69) is 4.72 Å². The first-order valence-electron chi connectivity index (χ1n) is 8.07. The lowest BCUT2D eigenvalue weighted by Gasteiger charge is -2.35. The second kappa shape index (κ2) is 7.51. The summed E-state index contributed by atoms with van der Waals surface area (Å²) >= 11 is 1.45. The van der Waals surface area contributed by atoms with Crippen molar-refractivity contribution < 1.29 is 17.5 Å². The largest absolute Gasteiger partial charge is 0.373 e. The molecule has 0 radical (unpaired) electrons. The Morgan fingerprint density at radius 3 is 2.40 bits per heavy atom. The Kier molecular flexibility index (Phi) is 5.55. The lowest BCUT2D eigenvalue weighted by atomic mass is 10.1. The molecule has 1 fully saturated rings. The summed E-state index contributed by atoms with van der Waals surface area (Å²) in [5, 5.41) is 1.89. The van der Waals surface area contributed by atoms with E-state index in [4.69, 9.17) is 4.74 Å². The quantitative estimate of drug-likeness (QED) is 0.862. The molecule has 1 aliphatic heterocycles. The van der Waals surface area contributed by atoms with Gasteiger partial charge in [-0.25, -0.2) is 4.39 Å². The second-order valence-corrected chi connectivity index (χ2v) is 8.88. The minimum absolute atomic E-state index is 0.161. The number of benzene rings is 1. The Morgan fingerprint density at radius 2 is 1.84 bits per heavy atom. The molecule has 136 valence electrons. The van der Waals surface area contributed by atoms with Crippen LogP contribution < -0.4 is 4.72 Å². The van der Waals surface area contributed by atoms with Gasteiger partial charge in [0.15, 0.2) is 0 Å². The predicted octanol–water partition coefficient (Wildman–Crippen LogP) is 2.92. The molecular formula is C17H21FN2O3S2. The summed E-state index contributed by atoms with van der Waals surface area (Å²) < 4.78 is 48.9. The molecule has 1 aromatic carbocycles. The number of halogens is 1. The number of hydrogen-bond acceptors (Lipinski definition) is 4. The van der Waals surface area contributed by atoms with Gasteiger partial charge in [-0.1, -0.05) is 18.2 Å². The first-order valence-corrected chi connectivity index (χ1v) is 10.4. The molecule has 3 atom stereocenters. The van der Waals surface area contributed by atoms with Gasteiger partial charge in [0.2, 0.25) is 0 Å². The SMILES string of the molecule is C[C@@H]1CN(S(=O)(=O)N[C@H](c2ccc(F)cc2)c2cccs2)C[C@@H](C)O1. The third-order valence-electron chi connectivity index (χ3n) is 4.02. The number of nitrogens with zero attached hydrogens (tertiary/aromatic N) is 1. The fourth-order valence-corrected chi connectivity index (χ4v) is 5.35. The average Bonchev–Trinajstić information content (AvgIpc) is 3.07. The minimum Gasteiger partial charge on any atom is -0.373 e. The summed E-state index contributed by atoms with van der Waals surface area (Å²) in [4.78, 5) is 0.851. The Balaban J connectivity index is 1.88. The molecule has 3 rings (SSSR count). The van der Waals surface area contributed by atoms with E-state index in [0.717, 1.165) is 4.88 Å². The molecule has 1 saturated heterocycles. The molecule has 0 amide bonds. The van der Waals surface area contributed by atoms with E-state index in [1.165, 1.54) is 27.8 Å². The summed E-state index contributed by atoms with van der Waals surface area (Å²) in [5.74, 6) is -0.354. The molecule has 0 spiro atoms. The van der Waals surface area contributed by atoms with E-state index < -0.39 is 16.3 Å². The van der Waals surface area contributed by atoms with Gasteiger partial charge in [-0.15, -0.1) is 11.3 Å². The highest BCUT2D eigenvalue weighted by Gasteiger charge is 2.33. The van der Waals surface area contributed by atoms with Crippen LogP contribution in [0.3, 0.4) is 0 Å². The van der Waals surface area contributed by atoms with Crippen LogP contribution in [0.4, 0.5) is 4.39 Å². The van der Waals surface area contributed by atoms with Gasteiger partial charge in [0.1, 0.15) is 5.82 Å². The van der Waals surface area contributed by atoms with Crippen molar-refractivity contribution in [3.05, 3.63) is 58.0 Å². The Labute approximate surface area is 151 Å².